The maximum Gasteiger partial charge on any atom is 0.206 e. The van der Waals surface area contributed by atoms with E-state index in [-0.39, 0.29) is 34.0 Å². The molecule has 0 saturated carbocycles. The van der Waals surface area contributed by atoms with Gasteiger partial charge in [0.1, 0.15) is 11.7 Å². The summed E-state index contributed by atoms with van der Waals surface area (Å²) in [4.78, 5) is 8.38. The highest BCUT2D eigenvalue weighted by molar-refractivity contribution is 7.91. The Morgan fingerprint density at radius 2 is 1.67 bits per heavy atom. The lowest BCUT2D eigenvalue weighted by Gasteiger charge is -2.09. The van der Waals surface area contributed by atoms with Gasteiger partial charge in [0.15, 0.2) is 0 Å². The first-order valence-corrected chi connectivity index (χ1v) is 10.6. The Kier molecular flexibility index (Phi) is 5.96. The predicted octanol–water partition coefficient (Wildman–Crippen LogP) is 4.25. The predicted molar refractivity (Wildman–Crippen MR) is 120 cm³/mol. The number of nitrogens with two attached hydrogens (primary N) is 1. The van der Waals surface area contributed by atoms with E-state index in [2.05, 4.69) is 9.97 Å². The monoisotopic (exact) mass is 440 g/mol. The van der Waals surface area contributed by atoms with E-state index in [0.717, 1.165) is 16.9 Å². The van der Waals surface area contributed by atoms with Gasteiger partial charge in [0, 0.05) is 11.5 Å². The van der Waals surface area contributed by atoms with Crippen LogP contribution in [0.5, 0.6) is 0 Å². The van der Waals surface area contributed by atoms with Gasteiger partial charge >= 0.3 is 0 Å². The summed E-state index contributed by atoms with van der Waals surface area (Å²) in [7, 11) is -3.59. The summed E-state index contributed by atoms with van der Waals surface area (Å²) >= 11 is 0. The number of rotatable bonds is 5. The number of aromatic nitrogens is 2. The van der Waals surface area contributed by atoms with E-state index in [1.54, 1.807) is 60.7 Å². The van der Waals surface area contributed by atoms with Crippen molar-refractivity contribution in [3.05, 3.63) is 89.7 Å². The van der Waals surface area contributed by atoms with Gasteiger partial charge in [0.25, 0.3) is 0 Å². The molecule has 0 aliphatic rings. The van der Waals surface area contributed by atoms with Crippen LogP contribution in [-0.2, 0) is 9.84 Å². The zero-order valence-corrected chi connectivity index (χ0v) is 17.8. The Labute approximate surface area is 181 Å². The number of halogens is 1. The van der Waals surface area contributed by atoms with Crippen LogP contribution in [0.15, 0.2) is 82.6 Å². The number of sulfone groups is 1. The molecule has 0 spiro atoms. The first-order chi connectivity index (χ1) is 13.9. The third-order valence-electron chi connectivity index (χ3n) is 4.97. The van der Waals surface area contributed by atoms with E-state index in [9.17, 15) is 8.42 Å². The number of hydrogen-bond donors (Lipinski definition) is 3. The van der Waals surface area contributed by atoms with Crippen LogP contribution in [0.1, 0.15) is 29.8 Å². The Hall–Kier alpha value is -3.16. The number of H-pyrrole nitrogens is 1. The van der Waals surface area contributed by atoms with Crippen molar-refractivity contribution in [3.8, 4) is 0 Å². The van der Waals surface area contributed by atoms with Crippen molar-refractivity contribution >= 4 is 39.1 Å². The molecule has 1 atom stereocenters. The van der Waals surface area contributed by atoms with Crippen LogP contribution in [0.25, 0.3) is 11.0 Å². The molecule has 3 aromatic carbocycles. The summed E-state index contributed by atoms with van der Waals surface area (Å²) in [6.45, 7) is 2.02. The molecule has 6 nitrogen and oxygen atoms in total. The number of nitrogens with one attached hydrogen (secondary N) is 2. The van der Waals surface area contributed by atoms with Gasteiger partial charge in [0.2, 0.25) is 9.84 Å². The number of nitrogens with zero attached hydrogens (tertiary/aromatic N) is 1. The van der Waals surface area contributed by atoms with E-state index < -0.39 is 9.84 Å². The highest BCUT2D eigenvalue weighted by Crippen LogP contribution is 2.27. The molecule has 4 rings (SSSR count). The van der Waals surface area contributed by atoms with Crippen molar-refractivity contribution < 1.29 is 8.42 Å². The standard InChI is InChI=1S/C22H20N4O2S.ClH/c1-14(15-7-9-16(10-8-15)21(23)24)22-25-19-12-11-18(13-20(19)26-22)29(27,28)17-5-3-2-4-6-17;/h2-14H,1H3,(H3,23,24)(H,25,26);1H. The number of nitrogen functional groups attached to an aromatic ring is 1. The number of amidine groups is 1. The van der Waals surface area contributed by atoms with Crippen LogP contribution in [0, 0.1) is 5.41 Å². The maximum atomic E-state index is 12.9. The van der Waals surface area contributed by atoms with Crippen LogP contribution >= 0.6 is 12.4 Å². The van der Waals surface area contributed by atoms with Crippen molar-refractivity contribution in [2.45, 2.75) is 22.6 Å². The normalized spacial score (nSPS) is 12.3. The second-order valence-electron chi connectivity index (χ2n) is 6.87. The smallest absolute Gasteiger partial charge is 0.206 e. The van der Waals surface area contributed by atoms with Crippen molar-refractivity contribution in [2.24, 2.45) is 5.73 Å². The van der Waals surface area contributed by atoms with Crippen molar-refractivity contribution in [3.63, 3.8) is 0 Å². The van der Waals surface area contributed by atoms with Gasteiger partial charge in [-0.3, -0.25) is 5.41 Å². The van der Waals surface area contributed by atoms with Crippen LogP contribution < -0.4 is 5.73 Å². The SMILES string of the molecule is CC(c1ccc(C(=N)N)cc1)c1nc2cc(S(=O)(=O)c3ccccc3)ccc2[nH]1.Cl. The molecule has 4 N–H and O–H groups in total. The van der Waals surface area contributed by atoms with Crippen LogP contribution in [0.2, 0.25) is 0 Å². The summed E-state index contributed by atoms with van der Waals surface area (Å²) in [5.41, 5.74) is 8.57. The maximum absolute atomic E-state index is 12.9. The molecule has 0 radical (unpaired) electrons. The van der Waals surface area contributed by atoms with Crippen molar-refractivity contribution in [2.75, 3.05) is 0 Å². The molecule has 0 amide bonds. The average Bonchev–Trinajstić information content (AvgIpc) is 3.17. The number of imidazole rings is 1. The molecule has 0 aliphatic carbocycles. The third-order valence-corrected chi connectivity index (χ3v) is 6.74. The minimum Gasteiger partial charge on any atom is -0.384 e. The summed E-state index contributed by atoms with van der Waals surface area (Å²) in [6, 6.07) is 20.8. The molecule has 30 heavy (non-hydrogen) atoms. The molecule has 8 heteroatoms. The molecule has 0 aliphatic heterocycles. The van der Waals surface area contributed by atoms with E-state index >= 15 is 0 Å². The first kappa shape index (κ1) is 21.5. The molecule has 0 saturated heterocycles. The van der Waals surface area contributed by atoms with E-state index in [4.69, 9.17) is 11.1 Å². The van der Waals surface area contributed by atoms with Crippen LogP contribution in [-0.4, -0.2) is 24.2 Å². The minimum absolute atomic E-state index is 0. The van der Waals surface area contributed by atoms with E-state index in [0.29, 0.717) is 11.1 Å². The number of fused-ring (bicyclic) bond motifs is 1. The zero-order valence-electron chi connectivity index (χ0n) is 16.2. The molecular formula is C22H21ClN4O2S. The lowest BCUT2D eigenvalue weighted by molar-refractivity contribution is 0.596. The van der Waals surface area contributed by atoms with Gasteiger partial charge < -0.3 is 10.7 Å². The minimum atomic E-state index is -3.59. The summed E-state index contributed by atoms with van der Waals surface area (Å²) in [6.07, 6.45) is 0. The molecule has 1 unspecified atom stereocenters. The Morgan fingerprint density at radius 3 is 2.30 bits per heavy atom. The Bertz CT molecular complexity index is 1300. The first-order valence-electron chi connectivity index (χ1n) is 9.10. The largest absolute Gasteiger partial charge is 0.384 e. The molecule has 4 aromatic rings. The highest BCUT2D eigenvalue weighted by Gasteiger charge is 2.19. The number of hydrogen-bond acceptors (Lipinski definition) is 4. The van der Waals surface area contributed by atoms with E-state index in [1.165, 1.54) is 0 Å². The fraction of sp³-hybridized carbons (Fsp3) is 0.0909. The summed E-state index contributed by atoms with van der Waals surface area (Å²) in [5.74, 6) is 0.738. The molecular weight excluding hydrogens is 420 g/mol. The topological polar surface area (TPSA) is 113 Å². The van der Waals surface area contributed by atoms with Gasteiger partial charge in [-0.15, -0.1) is 12.4 Å². The number of benzene rings is 3. The molecule has 1 heterocycles. The molecule has 0 fully saturated rings. The van der Waals surface area contributed by atoms with Crippen molar-refractivity contribution in [1.29, 1.82) is 5.41 Å². The van der Waals surface area contributed by atoms with Gasteiger partial charge in [0.05, 0.1) is 20.8 Å². The Balaban J connectivity index is 0.00000256. The van der Waals surface area contributed by atoms with Gasteiger partial charge in [-0.2, -0.15) is 0 Å². The Morgan fingerprint density at radius 1 is 1.00 bits per heavy atom. The van der Waals surface area contributed by atoms with Crippen LogP contribution in [0.3, 0.4) is 0 Å². The summed E-state index contributed by atoms with van der Waals surface area (Å²) < 4.78 is 25.7. The lowest BCUT2D eigenvalue weighted by Crippen LogP contribution is -2.11. The zero-order chi connectivity index (χ0) is 20.6. The van der Waals surface area contributed by atoms with Gasteiger partial charge in [-0.25, -0.2) is 13.4 Å². The average molecular weight is 441 g/mol. The second kappa shape index (κ2) is 8.30. The third kappa shape index (κ3) is 3.94. The fourth-order valence-electron chi connectivity index (χ4n) is 3.22. The van der Waals surface area contributed by atoms with Gasteiger partial charge in [-0.05, 0) is 35.9 Å². The van der Waals surface area contributed by atoms with Gasteiger partial charge in [-0.1, -0.05) is 49.4 Å². The molecule has 0 bridgehead atoms. The van der Waals surface area contributed by atoms with Crippen LogP contribution in [0.4, 0.5) is 0 Å². The molecule has 154 valence electrons. The fourth-order valence-corrected chi connectivity index (χ4v) is 4.52. The van der Waals surface area contributed by atoms with E-state index in [1.807, 2.05) is 19.1 Å². The second-order valence-corrected chi connectivity index (χ2v) is 8.82. The highest BCUT2D eigenvalue weighted by atomic mass is 35.5. The lowest BCUT2D eigenvalue weighted by atomic mass is 9.99. The summed E-state index contributed by atoms with van der Waals surface area (Å²) in [5, 5.41) is 7.49. The number of aromatic amines is 1. The van der Waals surface area contributed by atoms with Crippen molar-refractivity contribution in [1.82, 2.24) is 9.97 Å². The quantitative estimate of drug-likeness (QED) is 0.318. The molecule has 1 aromatic heterocycles.